The number of piperidine rings is 1. The van der Waals surface area contributed by atoms with E-state index in [-0.39, 0.29) is 30.6 Å². The van der Waals surface area contributed by atoms with E-state index in [1.807, 2.05) is 0 Å². The molecule has 0 bridgehead atoms. The van der Waals surface area contributed by atoms with Crippen molar-refractivity contribution >= 4 is 32.1 Å². The van der Waals surface area contributed by atoms with Crippen molar-refractivity contribution in [3.05, 3.63) is 48.2 Å². The van der Waals surface area contributed by atoms with Crippen molar-refractivity contribution in [2.24, 2.45) is 0 Å². The van der Waals surface area contributed by atoms with E-state index in [9.17, 15) is 39.9 Å². The molecule has 2 aromatic carbocycles. The average molecular weight is 677 g/mol. The Bertz CT molecular complexity index is 1670. The predicted molar refractivity (Wildman–Crippen MR) is 161 cm³/mol. The number of sulfone groups is 1. The van der Waals surface area contributed by atoms with Gasteiger partial charge in [0, 0.05) is 56.2 Å². The highest BCUT2D eigenvalue weighted by atomic mass is 32.2. The molecule has 1 fully saturated rings. The van der Waals surface area contributed by atoms with Gasteiger partial charge in [-0.05, 0) is 49.1 Å². The molecule has 1 aromatic heterocycles. The number of methoxy groups -OCH3 is 1. The molecule has 1 saturated heterocycles. The summed E-state index contributed by atoms with van der Waals surface area (Å²) in [6, 6.07) is 9.47. The summed E-state index contributed by atoms with van der Waals surface area (Å²) in [7, 11) is -2.31. The van der Waals surface area contributed by atoms with Crippen molar-refractivity contribution in [3.63, 3.8) is 0 Å². The Kier molecular flexibility index (Phi) is 11.0. The topological polar surface area (TPSA) is 105 Å². The van der Waals surface area contributed by atoms with Crippen LogP contribution in [0.1, 0.15) is 18.5 Å². The number of aliphatic hydroxyl groups is 1. The monoisotopic (exact) mass is 676 g/mol. The number of fused-ring (bicyclic) bond motifs is 1. The number of aromatic nitrogens is 1. The minimum atomic E-state index is -5.11. The molecule has 2 heterocycles. The molecule has 1 aliphatic heterocycles. The normalized spacial score (nSPS) is 15.8. The molecule has 46 heavy (non-hydrogen) atoms. The van der Waals surface area contributed by atoms with Gasteiger partial charge in [0.2, 0.25) is 0 Å². The molecule has 1 aliphatic rings. The second-order valence-corrected chi connectivity index (χ2v) is 12.9. The van der Waals surface area contributed by atoms with Crippen LogP contribution in [0, 0.1) is 11.8 Å². The van der Waals surface area contributed by atoms with Crippen LogP contribution in [-0.4, -0.2) is 93.8 Å². The summed E-state index contributed by atoms with van der Waals surface area (Å²) in [4.78, 5) is 1.73. The van der Waals surface area contributed by atoms with Crippen LogP contribution >= 0.6 is 0 Å². The summed E-state index contributed by atoms with van der Waals surface area (Å²) in [6.07, 6.45) is -7.92. The van der Waals surface area contributed by atoms with Crippen LogP contribution in [0.3, 0.4) is 0 Å². The first-order valence-corrected chi connectivity index (χ1v) is 16.1. The van der Waals surface area contributed by atoms with E-state index in [0.29, 0.717) is 23.1 Å². The number of ether oxygens (including phenoxy) is 2. The smallest absolute Gasteiger partial charge is 0.404 e. The number of alkyl halides is 6. The molecule has 1 atom stereocenters. The summed E-state index contributed by atoms with van der Waals surface area (Å²) >= 11 is 0. The van der Waals surface area contributed by atoms with Crippen molar-refractivity contribution < 1.29 is 49.3 Å². The largest absolute Gasteiger partial charge is 0.573 e. The lowest BCUT2D eigenvalue weighted by atomic mass is 10.0. The van der Waals surface area contributed by atoms with E-state index in [4.69, 9.17) is 4.74 Å². The molecular formula is C30H34F6N4O5S. The minimum absolute atomic E-state index is 0.0458. The maximum atomic E-state index is 13.6. The molecule has 1 unspecified atom stereocenters. The molecule has 9 nitrogen and oxygen atoms in total. The van der Waals surface area contributed by atoms with Crippen molar-refractivity contribution in [1.82, 2.24) is 9.47 Å². The number of aliphatic hydroxyl groups excluding tert-OH is 1. The quantitative estimate of drug-likeness (QED) is 0.196. The Morgan fingerprint density at radius 3 is 2.41 bits per heavy atom. The number of β-amino-alcohol motifs (C(OH)–C–C–N with tert-alkyl or cyclic N) is 1. The van der Waals surface area contributed by atoms with E-state index in [1.54, 1.807) is 18.2 Å². The van der Waals surface area contributed by atoms with Gasteiger partial charge in [0.15, 0.2) is 15.6 Å². The maximum absolute atomic E-state index is 13.6. The van der Waals surface area contributed by atoms with Crippen LogP contribution in [0.15, 0.2) is 47.4 Å². The van der Waals surface area contributed by atoms with Gasteiger partial charge in [-0.1, -0.05) is 12.0 Å². The highest BCUT2D eigenvalue weighted by Crippen LogP contribution is 2.33. The number of hydrogen-bond acceptors (Lipinski definition) is 8. The zero-order chi connectivity index (χ0) is 33.7. The SMILES string of the molecule is COCC(O)CN1CCC(Nc2cccc3c2cc(C#CCNc2ccc(S(C)(=O)=O)cc2OC(F)(F)F)n3CC(F)(F)F)CC1. The third-order valence-corrected chi connectivity index (χ3v) is 8.36. The van der Waals surface area contributed by atoms with E-state index >= 15 is 0 Å². The van der Waals surface area contributed by atoms with Crippen LogP contribution in [0.2, 0.25) is 0 Å². The summed E-state index contributed by atoms with van der Waals surface area (Å²) in [5, 5.41) is 16.6. The van der Waals surface area contributed by atoms with Gasteiger partial charge in [-0.25, -0.2) is 8.42 Å². The van der Waals surface area contributed by atoms with Crippen molar-refractivity contribution in [2.75, 3.05) is 56.8 Å². The predicted octanol–water partition coefficient (Wildman–Crippen LogP) is 4.85. The molecule has 16 heteroatoms. The number of hydrogen-bond donors (Lipinski definition) is 3. The highest BCUT2D eigenvalue weighted by Gasteiger charge is 2.33. The van der Waals surface area contributed by atoms with E-state index in [2.05, 4.69) is 32.1 Å². The minimum Gasteiger partial charge on any atom is -0.404 e. The van der Waals surface area contributed by atoms with Crippen LogP contribution in [0.25, 0.3) is 10.9 Å². The van der Waals surface area contributed by atoms with Crippen LogP contribution < -0.4 is 15.4 Å². The Morgan fingerprint density at radius 2 is 1.78 bits per heavy atom. The molecule has 0 aliphatic carbocycles. The number of nitrogens with zero attached hydrogens (tertiary/aromatic N) is 2. The summed E-state index contributed by atoms with van der Waals surface area (Å²) in [5.74, 6) is 4.53. The van der Waals surface area contributed by atoms with E-state index in [0.717, 1.165) is 55.0 Å². The van der Waals surface area contributed by atoms with Gasteiger partial charge in [-0.3, -0.25) is 0 Å². The highest BCUT2D eigenvalue weighted by molar-refractivity contribution is 7.90. The van der Waals surface area contributed by atoms with Gasteiger partial charge in [0.05, 0.1) is 41.0 Å². The van der Waals surface area contributed by atoms with Crippen molar-refractivity contribution in [3.8, 4) is 17.6 Å². The zero-order valence-corrected chi connectivity index (χ0v) is 25.8. The molecule has 252 valence electrons. The molecular weight excluding hydrogens is 642 g/mol. The first kappa shape index (κ1) is 35.2. The standard InChI is InChI=1S/C30H34F6N4O5S/c1-44-18-22(41)17-39-13-10-20(11-14-39)38-25-6-3-7-27-24(25)15-21(40(27)19-29(31,32)33)5-4-12-37-26-9-8-23(46(2,42)43)16-28(26)45-30(34,35)36/h3,6-9,15-16,20,22,37-38,41H,10-14,17-19H2,1-2H3. The second kappa shape index (κ2) is 14.4. The molecule has 3 N–H and O–H groups in total. The van der Waals surface area contributed by atoms with Gasteiger partial charge < -0.3 is 34.7 Å². The number of rotatable bonds is 11. The lowest BCUT2D eigenvalue weighted by molar-refractivity contribution is -0.274. The number of anilines is 2. The first-order chi connectivity index (χ1) is 21.5. The van der Waals surface area contributed by atoms with Crippen LogP contribution in [0.4, 0.5) is 37.7 Å². The fourth-order valence-corrected chi connectivity index (χ4v) is 5.89. The number of nitrogens with one attached hydrogen (secondary N) is 2. The van der Waals surface area contributed by atoms with Gasteiger partial charge in [0.1, 0.15) is 6.54 Å². The van der Waals surface area contributed by atoms with Gasteiger partial charge >= 0.3 is 12.5 Å². The third kappa shape index (κ3) is 9.92. The summed E-state index contributed by atoms with van der Waals surface area (Å²) in [5.41, 5.74) is 0.777. The van der Waals surface area contributed by atoms with Crippen molar-refractivity contribution in [1.29, 1.82) is 0 Å². The number of benzene rings is 2. The lowest BCUT2D eigenvalue weighted by Gasteiger charge is -2.34. The van der Waals surface area contributed by atoms with Gasteiger partial charge in [0.25, 0.3) is 0 Å². The summed E-state index contributed by atoms with van der Waals surface area (Å²) in [6.45, 7) is 0.567. The fourth-order valence-electron chi connectivity index (χ4n) is 5.25. The third-order valence-electron chi connectivity index (χ3n) is 7.25. The molecule has 3 aromatic rings. The van der Waals surface area contributed by atoms with Crippen molar-refractivity contribution in [2.45, 2.75) is 49.0 Å². The molecule has 0 saturated carbocycles. The fraction of sp³-hybridized carbons (Fsp3) is 0.467. The summed E-state index contributed by atoms with van der Waals surface area (Å²) < 4.78 is 113. The zero-order valence-electron chi connectivity index (χ0n) is 25.0. The van der Waals surface area contributed by atoms with E-state index in [1.165, 1.54) is 13.2 Å². The first-order valence-electron chi connectivity index (χ1n) is 14.2. The van der Waals surface area contributed by atoms with Gasteiger partial charge in [-0.15, -0.1) is 13.2 Å². The number of likely N-dealkylation sites (tertiary alicyclic amines) is 1. The number of halogens is 6. The van der Waals surface area contributed by atoms with E-state index < -0.39 is 45.7 Å². The van der Waals surface area contributed by atoms with Crippen LogP contribution in [-0.2, 0) is 21.1 Å². The Balaban J connectivity index is 1.54. The molecule has 0 radical (unpaired) electrons. The maximum Gasteiger partial charge on any atom is 0.573 e. The van der Waals surface area contributed by atoms with Crippen LogP contribution in [0.5, 0.6) is 5.75 Å². The Morgan fingerprint density at radius 1 is 1.07 bits per heavy atom. The second-order valence-electron chi connectivity index (χ2n) is 10.9. The molecule has 4 rings (SSSR count). The lowest BCUT2D eigenvalue weighted by Crippen LogP contribution is -2.43. The Labute approximate surface area is 262 Å². The van der Waals surface area contributed by atoms with Gasteiger partial charge in [-0.2, -0.15) is 13.2 Å². The molecule has 0 amide bonds. The Hall–Kier alpha value is -3.65. The molecule has 0 spiro atoms. The average Bonchev–Trinajstić information content (AvgIpc) is 3.28.